The van der Waals surface area contributed by atoms with Crippen molar-refractivity contribution in [1.82, 2.24) is 0 Å². The molecule has 0 radical (unpaired) electrons. The number of benzene rings is 1. The van der Waals surface area contributed by atoms with Crippen molar-refractivity contribution in [3.8, 4) is 11.3 Å². The van der Waals surface area contributed by atoms with Gasteiger partial charge in [-0.25, -0.2) is 0 Å². The number of halogens is 1. The molecule has 1 N–H and O–H groups in total. The van der Waals surface area contributed by atoms with Crippen LogP contribution in [0.3, 0.4) is 0 Å². The van der Waals surface area contributed by atoms with Gasteiger partial charge in [0.05, 0.1) is 0 Å². The molecule has 1 unspecified atom stereocenters. The maximum absolute atomic E-state index is 9.70. The first-order valence-electron chi connectivity index (χ1n) is 5.65. The molecule has 0 aliphatic heterocycles. The van der Waals surface area contributed by atoms with Crippen molar-refractivity contribution in [3.63, 3.8) is 0 Å². The third-order valence-corrected chi connectivity index (χ3v) is 3.13. The van der Waals surface area contributed by atoms with Crippen LogP contribution in [0.1, 0.15) is 30.8 Å². The Labute approximate surface area is 109 Å². The van der Waals surface area contributed by atoms with E-state index in [2.05, 4.69) is 22.0 Å². The summed E-state index contributed by atoms with van der Waals surface area (Å²) in [6, 6.07) is 9.85. The molecule has 2 nitrogen and oxygen atoms in total. The summed E-state index contributed by atoms with van der Waals surface area (Å²) in [6.45, 7) is 3.97. The molecular weight excluding hydrogens is 280 g/mol. The predicted octanol–water partition coefficient (Wildman–Crippen LogP) is 4.46. The smallest absolute Gasteiger partial charge is 0.134 e. The van der Waals surface area contributed by atoms with Crippen molar-refractivity contribution in [1.29, 1.82) is 0 Å². The minimum Gasteiger partial charge on any atom is -0.458 e. The monoisotopic (exact) mass is 294 g/mol. The summed E-state index contributed by atoms with van der Waals surface area (Å²) in [5.74, 6) is 1.41. The van der Waals surface area contributed by atoms with Gasteiger partial charge in [-0.2, -0.15) is 0 Å². The quantitative estimate of drug-likeness (QED) is 0.906. The van der Waals surface area contributed by atoms with Crippen molar-refractivity contribution in [2.75, 3.05) is 0 Å². The first-order valence-corrected chi connectivity index (χ1v) is 6.45. The van der Waals surface area contributed by atoms with Crippen molar-refractivity contribution in [3.05, 3.63) is 46.1 Å². The summed E-state index contributed by atoms with van der Waals surface area (Å²) in [4.78, 5) is 0. The van der Waals surface area contributed by atoms with Crippen LogP contribution in [0.4, 0.5) is 0 Å². The van der Waals surface area contributed by atoms with Gasteiger partial charge in [-0.15, -0.1) is 0 Å². The summed E-state index contributed by atoms with van der Waals surface area (Å²) in [6.07, 6.45) is 0.141. The van der Waals surface area contributed by atoms with E-state index in [1.54, 1.807) is 0 Å². The fourth-order valence-corrected chi connectivity index (χ4v) is 2.37. The van der Waals surface area contributed by atoms with Gasteiger partial charge in [-0.1, -0.05) is 22.9 Å². The average molecular weight is 295 g/mol. The molecule has 1 atom stereocenters. The molecule has 0 saturated carbocycles. The van der Waals surface area contributed by atoms with E-state index in [-0.39, 0.29) is 0 Å². The molecule has 2 aromatic rings. The molecule has 1 heterocycles. The lowest BCUT2D eigenvalue weighted by atomic mass is 10.1. The first kappa shape index (κ1) is 12.4. The van der Waals surface area contributed by atoms with Crippen LogP contribution >= 0.6 is 15.9 Å². The Morgan fingerprint density at radius 2 is 2.06 bits per heavy atom. The van der Waals surface area contributed by atoms with Gasteiger partial charge in [0.15, 0.2) is 0 Å². The Morgan fingerprint density at radius 3 is 2.71 bits per heavy atom. The zero-order chi connectivity index (χ0) is 12.4. The van der Waals surface area contributed by atoms with Gasteiger partial charge in [-0.3, -0.25) is 0 Å². The predicted molar refractivity (Wildman–Crippen MR) is 71.8 cm³/mol. The van der Waals surface area contributed by atoms with Crippen LogP contribution in [-0.4, -0.2) is 5.11 Å². The number of hydrogen-bond acceptors (Lipinski definition) is 2. The Morgan fingerprint density at radius 1 is 1.29 bits per heavy atom. The lowest BCUT2D eigenvalue weighted by molar-refractivity contribution is 0.147. The van der Waals surface area contributed by atoms with E-state index < -0.39 is 6.10 Å². The normalized spacial score (nSPS) is 12.7. The van der Waals surface area contributed by atoms with Gasteiger partial charge in [0.2, 0.25) is 0 Å². The third-order valence-electron chi connectivity index (χ3n) is 2.67. The molecule has 0 aliphatic rings. The molecule has 0 bridgehead atoms. The third kappa shape index (κ3) is 2.79. The van der Waals surface area contributed by atoms with E-state index in [4.69, 9.17) is 4.42 Å². The molecule has 17 heavy (non-hydrogen) atoms. The van der Waals surface area contributed by atoms with E-state index >= 15 is 0 Å². The molecule has 90 valence electrons. The highest BCUT2D eigenvalue weighted by atomic mass is 79.9. The number of furan rings is 1. The van der Waals surface area contributed by atoms with E-state index in [1.807, 2.05) is 38.1 Å². The number of rotatable bonds is 3. The molecule has 0 spiro atoms. The SMILES string of the molecule is CCC(O)c1ccc(-c2cc(C)cc(Br)c2)o1. The summed E-state index contributed by atoms with van der Waals surface area (Å²) in [7, 11) is 0. The fourth-order valence-electron chi connectivity index (χ4n) is 1.77. The molecule has 0 saturated heterocycles. The van der Waals surface area contributed by atoms with E-state index in [9.17, 15) is 5.11 Å². The minimum atomic E-state index is -0.517. The summed E-state index contributed by atoms with van der Waals surface area (Å²) < 4.78 is 6.69. The zero-order valence-electron chi connectivity index (χ0n) is 9.90. The fraction of sp³-hybridized carbons (Fsp3) is 0.286. The van der Waals surface area contributed by atoms with Crippen molar-refractivity contribution in [2.45, 2.75) is 26.4 Å². The van der Waals surface area contributed by atoms with Crippen LogP contribution in [0.25, 0.3) is 11.3 Å². The Balaban J connectivity index is 2.36. The van der Waals surface area contributed by atoms with Crippen LogP contribution in [0.2, 0.25) is 0 Å². The van der Waals surface area contributed by atoms with Gasteiger partial charge in [-0.05, 0) is 49.2 Å². The summed E-state index contributed by atoms with van der Waals surface area (Å²) in [5, 5.41) is 9.70. The van der Waals surface area contributed by atoms with Gasteiger partial charge >= 0.3 is 0 Å². The Bertz CT molecular complexity index is 496. The summed E-state index contributed by atoms with van der Waals surface area (Å²) >= 11 is 3.47. The largest absolute Gasteiger partial charge is 0.458 e. The number of aliphatic hydroxyl groups excluding tert-OH is 1. The maximum Gasteiger partial charge on any atom is 0.134 e. The second kappa shape index (κ2) is 5.07. The standard InChI is InChI=1S/C14H15BrO2/c1-3-12(16)14-5-4-13(17-14)10-6-9(2)7-11(15)8-10/h4-8,12,16H,3H2,1-2H3. The van der Waals surface area contributed by atoms with Crippen LogP contribution in [0.5, 0.6) is 0 Å². The topological polar surface area (TPSA) is 33.4 Å². The highest BCUT2D eigenvalue weighted by molar-refractivity contribution is 9.10. The lowest BCUT2D eigenvalue weighted by Crippen LogP contribution is -1.91. The maximum atomic E-state index is 9.70. The van der Waals surface area contributed by atoms with E-state index in [0.29, 0.717) is 12.2 Å². The molecule has 1 aromatic carbocycles. The number of aryl methyl sites for hydroxylation is 1. The van der Waals surface area contributed by atoms with Crippen LogP contribution in [0.15, 0.2) is 39.2 Å². The molecular formula is C14H15BrO2. The van der Waals surface area contributed by atoms with Crippen molar-refractivity contribution < 1.29 is 9.52 Å². The van der Waals surface area contributed by atoms with E-state index in [0.717, 1.165) is 15.8 Å². The zero-order valence-corrected chi connectivity index (χ0v) is 11.5. The number of hydrogen-bond donors (Lipinski definition) is 1. The van der Waals surface area contributed by atoms with Gasteiger partial charge in [0.25, 0.3) is 0 Å². The van der Waals surface area contributed by atoms with E-state index in [1.165, 1.54) is 5.56 Å². The first-order chi connectivity index (χ1) is 8.10. The highest BCUT2D eigenvalue weighted by Crippen LogP contribution is 2.29. The second-order valence-electron chi connectivity index (χ2n) is 4.14. The van der Waals surface area contributed by atoms with Gasteiger partial charge in [0.1, 0.15) is 17.6 Å². The van der Waals surface area contributed by atoms with Crippen LogP contribution < -0.4 is 0 Å². The average Bonchev–Trinajstić information content (AvgIpc) is 2.76. The Kier molecular flexibility index (Phi) is 3.69. The lowest BCUT2D eigenvalue weighted by Gasteiger charge is -2.04. The molecule has 0 aliphatic carbocycles. The minimum absolute atomic E-state index is 0.517. The summed E-state index contributed by atoms with van der Waals surface area (Å²) in [5.41, 5.74) is 2.19. The number of aliphatic hydroxyl groups is 1. The molecule has 1 aromatic heterocycles. The van der Waals surface area contributed by atoms with Gasteiger partial charge < -0.3 is 9.52 Å². The highest BCUT2D eigenvalue weighted by Gasteiger charge is 2.11. The Hall–Kier alpha value is -1.06. The van der Waals surface area contributed by atoms with Crippen molar-refractivity contribution in [2.24, 2.45) is 0 Å². The molecule has 0 fully saturated rings. The van der Waals surface area contributed by atoms with Crippen LogP contribution in [-0.2, 0) is 0 Å². The van der Waals surface area contributed by atoms with Crippen LogP contribution in [0, 0.1) is 6.92 Å². The van der Waals surface area contributed by atoms with Crippen molar-refractivity contribution >= 4 is 15.9 Å². The molecule has 0 amide bonds. The molecule has 3 heteroatoms. The second-order valence-corrected chi connectivity index (χ2v) is 5.06. The molecule has 2 rings (SSSR count). The van der Waals surface area contributed by atoms with Gasteiger partial charge in [0, 0.05) is 10.0 Å².